The Morgan fingerprint density at radius 1 is 0.821 bits per heavy atom. The van der Waals surface area contributed by atoms with Crippen molar-refractivity contribution >= 4 is 35.8 Å². The first-order valence-electron chi connectivity index (χ1n) is 13.4. The van der Waals surface area contributed by atoms with Gasteiger partial charge in [0.25, 0.3) is 0 Å². The first kappa shape index (κ1) is 35.6. The largest absolute Gasteiger partial charge is 0.481 e. The molecule has 1 aliphatic rings. The third-order valence-corrected chi connectivity index (χ3v) is 6.13. The van der Waals surface area contributed by atoms with Crippen LogP contribution in [-0.4, -0.2) is 85.9 Å². The molecule has 3 amide bonds. The van der Waals surface area contributed by atoms with Gasteiger partial charge in [-0.05, 0) is 51.4 Å². The highest BCUT2D eigenvalue weighted by Gasteiger charge is 2.35. The quantitative estimate of drug-likeness (QED) is 0.100. The molecule has 1 rings (SSSR count). The van der Waals surface area contributed by atoms with Gasteiger partial charge in [-0.3, -0.25) is 20.1 Å². The number of nitrogens with two attached hydrogens (primary N) is 1. The molecule has 1 heterocycles. The molecule has 1 aliphatic heterocycles. The second-order valence-electron chi connectivity index (χ2n) is 9.56. The van der Waals surface area contributed by atoms with Gasteiger partial charge in [0, 0.05) is 32.4 Å². The molecule has 224 valence electrons. The first-order chi connectivity index (χ1) is 18.3. The highest BCUT2D eigenvalue weighted by molar-refractivity contribution is 5.87. The smallest absolute Gasteiger partial charge is 0.407 e. The lowest BCUT2D eigenvalue weighted by atomic mass is 10.0. The number of hydrogen-bond acceptors (Lipinski definition) is 7. The molecular formula is C25H44N4O10. The van der Waals surface area contributed by atoms with Crippen LogP contribution in [0.1, 0.15) is 96.8 Å². The average Bonchev–Trinajstić information content (AvgIpc) is 2.87. The fraction of sp³-hybridized carbons (Fsp3) is 0.760. The summed E-state index contributed by atoms with van der Waals surface area (Å²) >= 11 is 0. The van der Waals surface area contributed by atoms with E-state index in [-0.39, 0.29) is 44.9 Å². The van der Waals surface area contributed by atoms with E-state index in [1.54, 1.807) is 0 Å². The maximum atomic E-state index is 12.1. The molecule has 14 heteroatoms. The Balaban J connectivity index is 0.00000134. The second kappa shape index (κ2) is 19.6. The zero-order valence-electron chi connectivity index (χ0n) is 22.7. The molecule has 2 atom stereocenters. The number of amides is 3. The van der Waals surface area contributed by atoms with Crippen LogP contribution in [0.25, 0.3) is 0 Å². The van der Waals surface area contributed by atoms with Crippen molar-refractivity contribution in [2.24, 2.45) is 5.73 Å². The van der Waals surface area contributed by atoms with Crippen LogP contribution < -0.4 is 16.4 Å². The number of carboxylic acid groups (broad SMARTS) is 4. The van der Waals surface area contributed by atoms with Crippen molar-refractivity contribution in [2.75, 3.05) is 13.1 Å². The Morgan fingerprint density at radius 2 is 1.44 bits per heavy atom. The summed E-state index contributed by atoms with van der Waals surface area (Å²) in [5, 5.41) is 40.1. The van der Waals surface area contributed by atoms with Crippen LogP contribution >= 0.6 is 0 Å². The molecule has 39 heavy (non-hydrogen) atoms. The van der Waals surface area contributed by atoms with Crippen molar-refractivity contribution in [3.63, 3.8) is 0 Å². The predicted octanol–water partition coefficient (Wildman–Crippen LogP) is 1.96. The van der Waals surface area contributed by atoms with E-state index in [0.29, 0.717) is 6.42 Å². The lowest BCUT2D eigenvalue weighted by molar-refractivity contribution is -0.148. The first-order valence-corrected chi connectivity index (χ1v) is 13.4. The van der Waals surface area contributed by atoms with Gasteiger partial charge in [0.15, 0.2) is 5.66 Å². The number of aliphatic carboxylic acids is 3. The molecule has 8 N–H and O–H groups in total. The highest BCUT2D eigenvalue weighted by atomic mass is 16.4. The van der Waals surface area contributed by atoms with Crippen molar-refractivity contribution in [1.29, 1.82) is 0 Å². The number of carbonyl (C=O) groups excluding carboxylic acids is 2. The van der Waals surface area contributed by atoms with E-state index in [2.05, 4.69) is 10.6 Å². The molecule has 1 fully saturated rings. The van der Waals surface area contributed by atoms with E-state index in [9.17, 15) is 39.0 Å². The van der Waals surface area contributed by atoms with E-state index in [0.717, 1.165) is 45.2 Å². The second-order valence-corrected chi connectivity index (χ2v) is 9.56. The SMILES string of the molecule is CCCCCCC(=O)N[C@H](CCC(=O)N[C@@](N)(CCCCC(=O)O)C(=O)O)C(=O)O.O=C(O)N1CCCCC1. The van der Waals surface area contributed by atoms with E-state index in [4.69, 9.17) is 15.9 Å². The molecule has 0 radical (unpaired) electrons. The number of likely N-dealkylation sites (tertiary alicyclic amines) is 1. The van der Waals surface area contributed by atoms with Crippen LogP contribution in [0.2, 0.25) is 0 Å². The third-order valence-electron chi connectivity index (χ3n) is 6.13. The van der Waals surface area contributed by atoms with E-state index in [1.807, 2.05) is 6.92 Å². The zero-order chi connectivity index (χ0) is 29.8. The Labute approximate surface area is 228 Å². The number of rotatable bonds is 17. The molecule has 0 unspecified atom stereocenters. The van der Waals surface area contributed by atoms with E-state index >= 15 is 0 Å². The maximum Gasteiger partial charge on any atom is 0.407 e. The number of nitrogens with zero attached hydrogens (tertiary/aromatic N) is 1. The topological polar surface area (TPSA) is 237 Å². The molecule has 0 aromatic heterocycles. The van der Waals surface area contributed by atoms with Gasteiger partial charge in [-0.1, -0.05) is 26.2 Å². The number of carbonyl (C=O) groups is 6. The molecule has 0 spiro atoms. The van der Waals surface area contributed by atoms with Gasteiger partial charge in [-0.15, -0.1) is 0 Å². The number of nitrogens with one attached hydrogen (secondary N) is 2. The molecule has 0 saturated carbocycles. The minimum atomic E-state index is -2.09. The van der Waals surface area contributed by atoms with Gasteiger partial charge in [0.05, 0.1) is 0 Å². The van der Waals surface area contributed by atoms with Crippen molar-refractivity contribution in [1.82, 2.24) is 15.5 Å². The minimum absolute atomic E-state index is 0.151. The van der Waals surface area contributed by atoms with E-state index < -0.39 is 47.5 Å². The normalized spacial score (nSPS) is 15.1. The lowest BCUT2D eigenvalue weighted by Crippen LogP contribution is -2.61. The lowest BCUT2D eigenvalue weighted by Gasteiger charge is -2.26. The summed E-state index contributed by atoms with van der Waals surface area (Å²) < 4.78 is 0. The predicted molar refractivity (Wildman–Crippen MR) is 140 cm³/mol. The number of piperidine rings is 1. The van der Waals surface area contributed by atoms with Gasteiger partial charge >= 0.3 is 24.0 Å². The van der Waals surface area contributed by atoms with Crippen LogP contribution in [0, 0.1) is 0 Å². The van der Waals surface area contributed by atoms with Crippen LogP contribution in [0.15, 0.2) is 0 Å². The van der Waals surface area contributed by atoms with Gasteiger partial charge in [-0.2, -0.15) is 0 Å². The minimum Gasteiger partial charge on any atom is -0.481 e. The van der Waals surface area contributed by atoms with Crippen molar-refractivity contribution in [2.45, 2.75) is 109 Å². The molecular weight excluding hydrogens is 516 g/mol. The summed E-state index contributed by atoms with van der Waals surface area (Å²) in [6, 6.07) is -1.28. The standard InChI is InChI=1S/C19H33N3O8.C6H11NO2/c1-2-3-4-5-8-14(23)21-13(17(27)28)10-11-15(24)22-19(20,18(29)30)12-7-6-9-16(25)26;8-6(9)7-4-2-1-3-5-7/h13H,2-12,20H2,1H3,(H,21,23)(H,22,24)(H,25,26)(H,27,28)(H,29,30);1-5H2,(H,8,9)/t13-,19+;/m1./s1. The Kier molecular flexibility index (Phi) is 17.9. The van der Waals surface area contributed by atoms with Gasteiger partial charge < -0.3 is 36.0 Å². The van der Waals surface area contributed by atoms with Gasteiger partial charge in [-0.25, -0.2) is 14.4 Å². The summed E-state index contributed by atoms with van der Waals surface area (Å²) in [6.07, 6.45) is 5.63. The summed E-state index contributed by atoms with van der Waals surface area (Å²) in [7, 11) is 0. The molecule has 0 aromatic carbocycles. The van der Waals surface area contributed by atoms with E-state index in [1.165, 1.54) is 11.3 Å². The van der Waals surface area contributed by atoms with Gasteiger partial charge in [0.1, 0.15) is 6.04 Å². The van der Waals surface area contributed by atoms with Crippen LogP contribution in [-0.2, 0) is 24.0 Å². The Morgan fingerprint density at radius 3 is 1.92 bits per heavy atom. The van der Waals surface area contributed by atoms with Crippen LogP contribution in [0.5, 0.6) is 0 Å². The monoisotopic (exact) mass is 560 g/mol. The molecule has 0 bridgehead atoms. The maximum absolute atomic E-state index is 12.1. The Hall–Kier alpha value is -3.42. The number of hydrogen-bond donors (Lipinski definition) is 7. The van der Waals surface area contributed by atoms with Gasteiger partial charge in [0.2, 0.25) is 11.8 Å². The number of carboxylic acids is 3. The fourth-order valence-corrected chi connectivity index (χ4v) is 3.81. The van der Waals surface area contributed by atoms with Crippen molar-refractivity contribution < 1.29 is 49.2 Å². The summed E-state index contributed by atoms with van der Waals surface area (Å²) in [5.74, 6) is -5.00. The third kappa shape index (κ3) is 16.9. The number of unbranched alkanes of at least 4 members (excludes halogenated alkanes) is 4. The average molecular weight is 561 g/mol. The molecule has 14 nitrogen and oxygen atoms in total. The molecule has 1 saturated heterocycles. The van der Waals surface area contributed by atoms with Crippen LogP contribution in [0.3, 0.4) is 0 Å². The highest BCUT2D eigenvalue weighted by Crippen LogP contribution is 2.12. The molecule has 0 aromatic rings. The summed E-state index contributed by atoms with van der Waals surface area (Å²) in [5.41, 5.74) is 3.63. The zero-order valence-corrected chi connectivity index (χ0v) is 22.7. The summed E-state index contributed by atoms with van der Waals surface area (Å²) in [4.78, 5) is 69.0. The van der Waals surface area contributed by atoms with Crippen molar-refractivity contribution in [3.8, 4) is 0 Å². The fourth-order valence-electron chi connectivity index (χ4n) is 3.81. The van der Waals surface area contributed by atoms with Crippen molar-refractivity contribution in [3.05, 3.63) is 0 Å². The summed E-state index contributed by atoms with van der Waals surface area (Å²) in [6.45, 7) is 3.49. The van der Waals surface area contributed by atoms with Crippen LogP contribution in [0.4, 0.5) is 4.79 Å². The Bertz CT molecular complexity index is 817. The molecule has 0 aliphatic carbocycles.